The maximum absolute atomic E-state index is 12.3. The average Bonchev–Trinajstić information content (AvgIpc) is 2.40. The highest BCUT2D eigenvalue weighted by atomic mass is 35.5. The van der Waals surface area contributed by atoms with Gasteiger partial charge in [-0.3, -0.25) is 10.1 Å². The second-order valence-electron chi connectivity index (χ2n) is 4.98. The van der Waals surface area contributed by atoms with Crippen molar-refractivity contribution in [3.63, 3.8) is 0 Å². The summed E-state index contributed by atoms with van der Waals surface area (Å²) in [6.07, 6.45) is 0.352. The van der Waals surface area contributed by atoms with Crippen molar-refractivity contribution in [1.29, 1.82) is 0 Å². The Kier molecular flexibility index (Phi) is 5.32. The van der Waals surface area contributed by atoms with Gasteiger partial charge in [-0.15, -0.1) is 0 Å². The lowest BCUT2D eigenvalue weighted by Crippen LogP contribution is -2.48. The van der Waals surface area contributed by atoms with E-state index >= 15 is 0 Å². The van der Waals surface area contributed by atoms with Crippen LogP contribution in [-0.2, 0) is 10.0 Å². The lowest BCUT2D eigenvalue weighted by atomic mass is 10.0. The van der Waals surface area contributed by atoms with E-state index < -0.39 is 27.1 Å². The van der Waals surface area contributed by atoms with E-state index in [4.69, 9.17) is 11.6 Å². The number of hydrogen-bond donors (Lipinski definition) is 2. The molecule has 0 aliphatic heterocycles. The van der Waals surface area contributed by atoms with Crippen molar-refractivity contribution in [2.75, 3.05) is 6.61 Å². The summed E-state index contributed by atoms with van der Waals surface area (Å²) in [5, 5.41) is 20.2. The summed E-state index contributed by atoms with van der Waals surface area (Å²) in [4.78, 5) is 9.95. The molecule has 0 radical (unpaired) electrons. The summed E-state index contributed by atoms with van der Waals surface area (Å²) in [5.41, 5.74) is -1.23. The van der Waals surface area contributed by atoms with Crippen molar-refractivity contribution in [1.82, 2.24) is 4.72 Å². The van der Waals surface area contributed by atoms with Gasteiger partial charge in [0.2, 0.25) is 10.0 Å². The van der Waals surface area contributed by atoms with Gasteiger partial charge in [0, 0.05) is 11.6 Å². The molecule has 1 rings (SSSR count). The zero-order valence-electron chi connectivity index (χ0n) is 11.9. The Morgan fingerprint density at radius 1 is 1.48 bits per heavy atom. The van der Waals surface area contributed by atoms with Gasteiger partial charge in [-0.05, 0) is 26.3 Å². The molecule has 0 aliphatic rings. The van der Waals surface area contributed by atoms with E-state index in [1.807, 2.05) is 0 Å². The van der Waals surface area contributed by atoms with Gasteiger partial charge in [0.25, 0.3) is 5.69 Å². The van der Waals surface area contributed by atoms with Crippen LogP contribution in [0.15, 0.2) is 17.0 Å². The van der Waals surface area contributed by atoms with E-state index in [0.29, 0.717) is 6.42 Å². The van der Waals surface area contributed by atoms with Crippen LogP contribution in [0.3, 0.4) is 0 Å². The first-order valence-electron chi connectivity index (χ1n) is 6.15. The molecule has 0 spiro atoms. The maximum atomic E-state index is 12.3. The van der Waals surface area contributed by atoms with Crippen molar-refractivity contribution in [3.05, 3.63) is 32.8 Å². The molecule has 1 aromatic rings. The largest absolute Gasteiger partial charge is 0.394 e. The predicted octanol–water partition coefficient (Wildman–Crippen LogP) is 2.00. The van der Waals surface area contributed by atoms with Crippen LogP contribution in [0.4, 0.5) is 5.69 Å². The molecular formula is C12H17ClN2O5S. The quantitative estimate of drug-likeness (QED) is 0.610. The molecule has 1 aromatic carbocycles. The number of nitrogens with zero attached hydrogens (tertiary/aromatic N) is 1. The summed E-state index contributed by atoms with van der Waals surface area (Å²) in [6, 6.07) is 2.11. The summed E-state index contributed by atoms with van der Waals surface area (Å²) >= 11 is 5.86. The monoisotopic (exact) mass is 336 g/mol. The third kappa shape index (κ3) is 3.91. The molecule has 7 nitrogen and oxygen atoms in total. The molecule has 2 N–H and O–H groups in total. The second-order valence-corrected chi connectivity index (χ2v) is 7.07. The lowest BCUT2D eigenvalue weighted by molar-refractivity contribution is -0.385. The van der Waals surface area contributed by atoms with Crippen molar-refractivity contribution in [3.8, 4) is 0 Å². The highest BCUT2D eigenvalue weighted by Gasteiger charge is 2.30. The standard InChI is InChI=1S/C12H17ClN2O5S/c1-4-12(3,7-16)14-21(19,20)9-5-10(13)8(2)11(6-9)15(17)18/h5-6,14,16H,4,7H2,1-3H3. The van der Waals surface area contributed by atoms with Gasteiger partial charge >= 0.3 is 0 Å². The molecule has 0 aliphatic carbocycles. The Morgan fingerprint density at radius 3 is 2.48 bits per heavy atom. The fraction of sp³-hybridized carbons (Fsp3) is 0.500. The first-order chi connectivity index (χ1) is 9.56. The second kappa shape index (κ2) is 6.27. The molecule has 21 heavy (non-hydrogen) atoms. The first kappa shape index (κ1) is 17.8. The molecule has 0 aromatic heterocycles. The first-order valence-corrected chi connectivity index (χ1v) is 8.02. The summed E-state index contributed by atoms with van der Waals surface area (Å²) in [6.45, 7) is 4.29. The Labute approximate surface area is 128 Å². The van der Waals surface area contributed by atoms with Crippen molar-refractivity contribution in [2.24, 2.45) is 0 Å². The summed E-state index contributed by atoms with van der Waals surface area (Å²) in [7, 11) is -4.04. The van der Waals surface area contributed by atoms with Crippen LogP contribution in [-0.4, -0.2) is 30.6 Å². The zero-order chi connectivity index (χ0) is 16.4. The van der Waals surface area contributed by atoms with Crippen molar-refractivity contribution >= 4 is 27.3 Å². The minimum absolute atomic E-state index is 0.00762. The summed E-state index contributed by atoms with van der Waals surface area (Å²) < 4.78 is 26.9. The predicted molar refractivity (Wildman–Crippen MR) is 78.9 cm³/mol. The topological polar surface area (TPSA) is 110 Å². The summed E-state index contributed by atoms with van der Waals surface area (Å²) in [5.74, 6) is 0. The van der Waals surface area contributed by atoms with Crippen LogP contribution in [0.25, 0.3) is 0 Å². The third-order valence-corrected chi connectivity index (χ3v) is 5.32. The molecule has 0 saturated carbocycles. The SMILES string of the molecule is CCC(C)(CO)NS(=O)(=O)c1cc(Cl)c(C)c([N+](=O)[O-])c1. The number of aliphatic hydroxyl groups is 1. The number of benzene rings is 1. The van der Waals surface area contributed by atoms with Crippen LogP contribution >= 0.6 is 11.6 Å². The minimum atomic E-state index is -4.04. The molecule has 9 heteroatoms. The molecule has 0 bridgehead atoms. The Morgan fingerprint density at radius 2 is 2.05 bits per heavy atom. The molecule has 1 unspecified atom stereocenters. The number of rotatable bonds is 6. The van der Waals surface area contributed by atoms with Crippen LogP contribution in [0.1, 0.15) is 25.8 Å². The minimum Gasteiger partial charge on any atom is -0.394 e. The smallest absolute Gasteiger partial charge is 0.275 e. The number of hydrogen-bond acceptors (Lipinski definition) is 5. The van der Waals surface area contributed by atoms with Crippen molar-refractivity contribution < 1.29 is 18.4 Å². The van der Waals surface area contributed by atoms with Gasteiger partial charge in [0.05, 0.1) is 27.0 Å². The Hall–Kier alpha value is -1.22. The number of nitrogens with one attached hydrogen (secondary N) is 1. The number of nitro groups is 1. The van der Waals surface area contributed by atoms with Gasteiger partial charge in [0.1, 0.15) is 0 Å². The van der Waals surface area contributed by atoms with Crippen LogP contribution in [0, 0.1) is 17.0 Å². The number of halogens is 1. The fourth-order valence-corrected chi connectivity index (χ4v) is 3.38. The highest BCUT2D eigenvalue weighted by Crippen LogP contribution is 2.30. The van der Waals surface area contributed by atoms with Gasteiger partial charge in [-0.1, -0.05) is 18.5 Å². The third-order valence-electron chi connectivity index (χ3n) is 3.31. The van der Waals surface area contributed by atoms with Gasteiger partial charge in [0.15, 0.2) is 0 Å². The average molecular weight is 337 g/mol. The fourth-order valence-electron chi connectivity index (χ4n) is 1.58. The Balaban J connectivity index is 3.36. The maximum Gasteiger partial charge on any atom is 0.275 e. The van der Waals surface area contributed by atoms with Crippen LogP contribution in [0.5, 0.6) is 0 Å². The zero-order valence-corrected chi connectivity index (χ0v) is 13.5. The van der Waals surface area contributed by atoms with E-state index in [1.54, 1.807) is 6.92 Å². The van der Waals surface area contributed by atoms with Gasteiger partial charge in [-0.2, -0.15) is 0 Å². The molecule has 0 fully saturated rings. The molecule has 0 saturated heterocycles. The number of aliphatic hydroxyl groups excluding tert-OH is 1. The van der Waals surface area contributed by atoms with E-state index in [1.165, 1.54) is 13.8 Å². The van der Waals surface area contributed by atoms with E-state index in [9.17, 15) is 23.6 Å². The lowest BCUT2D eigenvalue weighted by Gasteiger charge is -2.26. The van der Waals surface area contributed by atoms with Crippen LogP contribution < -0.4 is 4.72 Å². The molecule has 0 amide bonds. The van der Waals surface area contributed by atoms with Gasteiger partial charge < -0.3 is 5.11 Å². The molecular weight excluding hydrogens is 320 g/mol. The van der Waals surface area contributed by atoms with E-state index in [2.05, 4.69) is 4.72 Å². The number of nitro benzene ring substituents is 1. The Bertz CT molecular complexity index is 656. The molecule has 1 atom stereocenters. The van der Waals surface area contributed by atoms with E-state index in [0.717, 1.165) is 12.1 Å². The van der Waals surface area contributed by atoms with E-state index in [-0.39, 0.29) is 21.2 Å². The normalized spacial score (nSPS) is 14.7. The van der Waals surface area contributed by atoms with Crippen LogP contribution in [0.2, 0.25) is 5.02 Å². The molecule has 118 valence electrons. The molecule has 0 heterocycles. The van der Waals surface area contributed by atoms with Crippen molar-refractivity contribution in [2.45, 2.75) is 37.6 Å². The van der Waals surface area contributed by atoms with Gasteiger partial charge in [-0.25, -0.2) is 13.1 Å². The highest BCUT2D eigenvalue weighted by molar-refractivity contribution is 7.89. The number of sulfonamides is 1.